The third-order valence-electron chi connectivity index (χ3n) is 10.8. The number of rotatable bonds is 5. The van der Waals surface area contributed by atoms with E-state index in [-0.39, 0.29) is 0 Å². The van der Waals surface area contributed by atoms with Crippen molar-refractivity contribution in [3.8, 4) is 16.8 Å². The van der Waals surface area contributed by atoms with Gasteiger partial charge in [0.05, 0.1) is 22.4 Å². The van der Waals surface area contributed by atoms with Crippen LogP contribution in [0.25, 0.3) is 80.3 Å². The van der Waals surface area contributed by atoms with Crippen molar-refractivity contribution >= 4 is 91.9 Å². The second kappa shape index (κ2) is 11.9. The van der Waals surface area contributed by atoms with Crippen LogP contribution in [0.3, 0.4) is 0 Å². The molecule has 0 unspecified atom stereocenters. The van der Waals surface area contributed by atoms with E-state index >= 15 is 0 Å². The molecule has 11 rings (SSSR count). The summed E-state index contributed by atoms with van der Waals surface area (Å²) in [6.07, 6.45) is 0. The summed E-state index contributed by atoms with van der Waals surface area (Å²) in [6.45, 7) is 0. The molecule has 0 N–H and O–H groups in total. The minimum Gasteiger partial charge on any atom is -0.309 e. The Morgan fingerprint density at radius 2 is 1.02 bits per heavy atom. The normalized spacial score (nSPS) is 11.8. The average molecular weight is 693 g/mol. The van der Waals surface area contributed by atoms with Crippen LogP contribution in [0.5, 0.6) is 0 Å². The zero-order chi connectivity index (χ0) is 34.9. The first-order chi connectivity index (χ1) is 26.3. The van der Waals surface area contributed by atoms with E-state index in [0.29, 0.717) is 0 Å². The molecule has 248 valence electrons. The van der Waals surface area contributed by atoms with Gasteiger partial charge < -0.3 is 9.47 Å². The zero-order valence-electron chi connectivity index (χ0n) is 28.8. The minimum atomic E-state index is 1.12. The van der Waals surface area contributed by atoms with Gasteiger partial charge in [0.2, 0.25) is 0 Å². The fourth-order valence-corrected chi connectivity index (χ4v) is 9.49. The van der Waals surface area contributed by atoms with Crippen LogP contribution in [0.2, 0.25) is 0 Å². The molecule has 0 aliphatic carbocycles. The number of benzene rings is 9. The highest BCUT2D eigenvalue weighted by Crippen LogP contribution is 2.47. The highest BCUT2D eigenvalue weighted by Gasteiger charge is 2.21. The van der Waals surface area contributed by atoms with E-state index in [4.69, 9.17) is 0 Å². The molecular formula is C50H32N2S. The van der Waals surface area contributed by atoms with Gasteiger partial charge >= 0.3 is 0 Å². The Morgan fingerprint density at radius 3 is 1.87 bits per heavy atom. The zero-order valence-corrected chi connectivity index (χ0v) is 29.6. The SMILES string of the molecule is c1ccc(-n2c3cc(-c4ccc(N(c5cccc6ccccc56)c5cccc6sc7ccccc7c56)cc4)ccc3c3ccc4ccccc4c32)cc1. The van der Waals surface area contributed by atoms with Gasteiger partial charge in [0, 0.05) is 53.1 Å². The molecule has 0 fully saturated rings. The third-order valence-corrected chi connectivity index (χ3v) is 11.9. The smallest absolute Gasteiger partial charge is 0.0619 e. The van der Waals surface area contributed by atoms with Crippen molar-refractivity contribution in [2.45, 2.75) is 0 Å². The summed E-state index contributed by atoms with van der Waals surface area (Å²) < 4.78 is 5.04. The molecule has 2 heterocycles. The fraction of sp³-hybridized carbons (Fsp3) is 0. The van der Waals surface area contributed by atoms with Crippen LogP contribution in [-0.4, -0.2) is 4.57 Å². The molecule has 0 aliphatic rings. The van der Waals surface area contributed by atoms with Gasteiger partial charge in [0.15, 0.2) is 0 Å². The summed E-state index contributed by atoms with van der Waals surface area (Å²) in [7, 11) is 0. The lowest BCUT2D eigenvalue weighted by molar-refractivity contribution is 1.19. The predicted molar refractivity (Wildman–Crippen MR) is 229 cm³/mol. The Bertz CT molecular complexity index is 3160. The number of para-hydroxylation sites is 1. The fourth-order valence-electron chi connectivity index (χ4n) is 8.36. The number of nitrogens with zero attached hydrogens (tertiary/aromatic N) is 2. The summed E-state index contributed by atoms with van der Waals surface area (Å²) in [4.78, 5) is 2.45. The molecule has 3 heteroatoms. The van der Waals surface area contributed by atoms with Crippen molar-refractivity contribution in [1.82, 2.24) is 4.57 Å². The molecule has 0 amide bonds. The van der Waals surface area contributed by atoms with Crippen molar-refractivity contribution in [3.63, 3.8) is 0 Å². The lowest BCUT2D eigenvalue weighted by atomic mass is 10.0. The van der Waals surface area contributed by atoms with Crippen molar-refractivity contribution in [3.05, 3.63) is 194 Å². The molecule has 0 spiro atoms. The maximum absolute atomic E-state index is 2.45. The van der Waals surface area contributed by atoms with Gasteiger partial charge in [-0.05, 0) is 76.5 Å². The number of anilines is 3. The molecule has 11 aromatic rings. The number of aromatic nitrogens is 1. The van der Waals surface area contributed by atoms with Crippen molar-refractivity contribution in [1.29, 1.82) is 0 Å². The van der Waals surface area contributed by atoms with E-state index in [0.717, 1.165) is 11.4 Å². The third kappa shape index (κ3) is 4.71. The summed E-state index contributed by atoms with van der Waals surface area (Å²) in [5.41, 5.74) is 9.47. The summed E-state index contributed by atoms with van der Waals surface area (Å²) in [5, 5.41) is 10.1. The van der Waals surface area contributed by atoms with E-state index in [1.807, 2.05) is 11.3 Å². The first-order valence-electron chi connectivity index (χ1n) is 18.1. The second-order valence-corrected chi connectivity index (χ2v) is 14.8. The van der Waals surface area contributed by atoms with Gasteiger partial charge in [-0.3, -0.25) is 0 Å². The molecule has 0 radical (unpaired) electrons. The van der Waals surface area contributed by atoms with E-state index < -0.39 is 0 Å². The Hall–Kier alpha value is -6.68. The Balaban J connectivity index is 1.10. The Morgan fingerprint density at radius 1 is 0.396 bits per heavy atom. The number of hydrogen-bond donors (Lipinski definition) is 0. The second-order valence-electron chi connectivity index (χ2n) is 13.7. The van der Waals surface area contributed by atoms with Crippen LogP contribution < -0.4 is 4.90 Å². The number of thiophene rings is 1. The van der Waals surface area contributed by atoms with E-state index in [1.54, 1.807) is 0 Å². The topological polar surface area (TPSA) is 8.17 Å². The first kappa shape index (κ1) is 30.0. The quantitative estimate of drug-likeness (QED) is 0.174. The van der Waals surface area contributed by atoms with Crippen LogP contribution in [0, 0.1) is 0 Å². The molecule has 0 saturated carbocycles. The van der Waals surface area contributed by atoms with Crippen LogP contribution in [0.1, 0.15) is 0 Å². The lowest BCUT2D eigenvalue weighted by Crippen LogP contribution is -2.10. The largest absolute Gasteiger partial charge is 0.309 e. The summed E-state index contributed by atoms with van der Waals surface area (Å²) in [6, 6.07) is 70.9. The standard InChI is InChI=1S/C50H32N2S/c1-2-15-37(16-3-1)52-46-32-36(27-30-41(46)42-31-26-35-13-5-7-18-40(35)50(42)52)33-24-28-38(29-25-33)51(44-20-10-14-34-12-4-6-17-39(34)44)45-21-11-23-48-49(45)43-19-8-9-22-47(43)53-48/h1-32H. The van der Waals surface area contributed by atoms with E-state index in [1.165, 1.54) is 86.0 Å². The lowest BCUT2D eigenvalue weighted by Gasteiger charge is -2.28. The summed E-state index contributed by atoms with van der Waals surface area (Å²) in [5.74, 6) is 0. The average Bonchev–Trinajstić information content (AvgIpc) is 3.78. The van der Waals surface area contributed by atoms with Crippen molar-refractivity contribution < 1.29 is 0 Å². The molecule has 53 heavy (non-hydrogen) atoms. The van der Waals surface area contributed by atoms with E-state index in [2.05, 4.69) is 204 Å². The van der Waals surface area contributed by atoms with Crippen LogP contribution >= 0.6 is 11.3 Å². The van der Waals surface area contributed by atoms with Crippen LogP contribution in [0.4, 0.5) is 17.1 Å². The van der Waals surface area contributed by atoms with Gasteiger partial charge in [-0.2, -0.15) is 0 Å². The van der Waals surface area contributed by atoms with Gasteiger partial charge in [-0.25, -0.2) is 0 Å². The van der Waals surface area contributed by atoms with Crippen LogP contribution in [-0.2, 0) is 0 Å². The molecular weight excluding hydrogens is 661 g/mol. The van der Waals surface area contributed by atoms with Gasteiger partial charge in [0.1, 0.15) is 0 Å². The van der Waals surface area contributed by atoms with Crippen molar-refractivity contribution in [2.24, 2.45) is 0 Å². The first-order valence-corrected chi connectivity index (χ1v) is 18.9. The Labute approximate surface area is 311 Å². The van der Waals surface area contributed by atoms with Gasteiger partial charge in [0.25, 0.3) is 0 Å². The van der Waals surface area contributed by atoms with Gasteiger partial charge in [-0.15, -0.1) is 11.3 Å². The molecule has 0 atom stereocenters. The predicted octanol–water partition coefficient (Wildman–Crippen LogP) is 14.6. The molecule has 2 nitrogen and oxygen atoms in total. The molecule has 0 bridgehead atoms. The maximum Gasteiger partial charge on any atom is 0.0619 e. The highest BCUT2D eigenvalue weighted by atomic mass is 32.1. The van der Waals surface area contributed by atoms with Gasteiger partial charge in [-0.1, -0.05) is 140 Å². The minimum absolute atomic E-state index is 1.12. The number of hydrogen-bond acceptors (Lipinski definition) is 2. The number of fused-ring (bicyclic) bond motifs is 9. The van der Waals surface area contributed by atoms with Crippen molar-refractivity contribution in [2.75, 3.05) is 4.90 Å². The molecule has 0 aliphatic heterocycles. The summed E-state index contributed by atoms with van der Waals surface area (Å²) >= 11 is 1.86. The molecule has 2 aromatic heterocycles. The highest BCUT2D eigenvalue weighted by molar-refractivity contribution is 7.26. The Kier molecular flexibility index (Phi) is 6.76. The molecule has 9 aromatic carbocycles. The molecule has 0 saturated heterocycles. The monoisotopic (exact) mass is 692 g/mol. The van der Waals surface area contributed by atoms with E-state index in [9.17, 15) is 0 Å². The maximum atomic E-state index is 2.45. The van der Waals surface area contributed by atoms with Crippen LogP contribution in [0.15, 0.2) is 194 Å².